The van der Waals surface area contributed by atoms with Crippen molar-refractivity contribution >= 4 is 12.8 Å². The third kappa shape index (κ3) is 3.71. The highest BCUT2D eigenvalue weighted by Gasteiger charge is 2.80. The summed E-state index contributed by atoms with van der Waals surface area (Å²) in [5, 5.41) is 16.0. The van der Waals surface area contributed by atoms with Crippen molar-refractivity contribution in [3.63, 3.8) is 0 Å². The number of hydrogen-bond acceptors (Lipinski definition) is 8. The summed E-state index contributed by atoms with van der Waals surface area (Å²) >= 11 is 0. The number of carbonyl (C=O) groups is 1. The van der Waals surface area contributed by atoms with Gasteiger partial charge in [-0.05, 0) is 42.8 Å². The van der Waals surface area contributed by atoms with E-state index in [4.69, 9.17) is 23.7 Å². The molecule has 0 aromatic heterocycles. The van der Waals surface area contributed by atoms with E-state index in [1.807, 2.05) is 54.6 Å². The van der Waals surface area contributed by atoms with Crippen molar-refractivity contribution in [3.05, 3.63) is 83.4 Å². The minimum absolute atomic E-state index is 0.383. The second-order valence-electron chi connectivity index (χ2n) is 10.2. The Hall–Kier alpha value is -4.24. The number of aliphatic imine (C=N–C) groups is 1. The maximum Gasteiger partial charge on any atom is 0.407 e. The quantitative estimate of drug-likeness (QED) is 0.289. The first-order valence-corrected chi connectivity index (χ1v) is 13.3. The normalized spacial score (nSPS) is 27.5. The summed E-state index contributed by atoms with van der Waals surface area (Å²) in [6.45, 7) is 4.67. The van der Waals surface area contributed by atoms with Gasteiger partial charge in [0, 0.05) is 18.7 Å². The number of benzene rings is 3. The number of nitrogens with one attached hydrogen (secondary N) is 1. The Labute approximate surface area is 232 Å². The molecule has 0 unspecified atom stereocenters. The van der Waals surface area contributed by atoms with Gasteiger partial charge >= 0.3 is 6.09 Å². The van der Waals surface area contributed by atoms with Gasteiger partial charge in [-0.3, -0.25) is 0 Å². The fourth-order valence-corrected chi connectivity index (χ4v) is 6.56. The summed E-state index contributed by atoms with van der Waals surface area (Å²) in [5.41, 5.74) is -1.18. The van der Waals surface area contributed by atoms with Gasteiger partial charge in [0.2, 0.25) is 0 Å². The number of hydrogen-bond donors (Lipinski definition) is 2. The molecule has 5 atom stereocenters. The molecule has 2 N–H and O–H groups in total. The molecule has 3 aliphatic rings. The second-order valence-corrected chi connectivity index (χ2v) is 10.2. The van der Waals surface area contributed by atoms with E-state index < -0.39 is 35.4 Å². The van der Waals surface area contributed by atoms with Crippen LogP contribution in [-0.4, -0.2) is 57.4 Å². The number of alkyl carbamates (subject to hydrolysis) is 1. The summed E-state index contributed by atoms with van der Waals surface area (Å²) < 4.78 is 30.0. The Kier molecular flexibility index (Phi) is 6.54. The van der Waals surface area contributed by atoms with E-state index in [2.05, 4.69) is 17.0 Å². The predicted molar refractivity (Wildman–Crippen MR) is 148 cm³/mol. The number of methoxy groups -OCH3 is 2. The lowest BCUT2D eigenvalue weighted by Crippen LogP contribution is -2.52. The van der Waals surface area contributed by atoms with Crippen LogP contribution in [-0.2, 0) is 15.9 Å². The number of fused-ring (bicyclic) bond motifs is 5. The zero-order chi connectivity index (χ0) is 27.9. The molecule has 1 amide bonds. The molecule has 1 saturated heterocycles. The minimum Gasteiger partial charge on any atom is -0.497 e. The highest BCUT2D eigenvalue weighted by atomic mass is 16.6. The van der Waals surface area contributed by atoms with Crippen LogP contribution in [0.3, 0.4) is 0 Å². The van der Waals surface area contributed by atoms with E-state index in [-0.39, 0.29) is 0 Å². The Morgan fingerprint density at radius 3 is 2.50 bits per heavy atom. The molecular formula is C31H32N2O7. The number of aliphatic hydroxyl groups is 1. The van der Waals surface area contributed by atoms with Gasteiger partial charge in [0.25, 0.3) is 0 Å². The fourth-order valence-electron chi connectivity index (χ4n) is 6.56. The molecule has 2 heterocycles. The van der Waals surface area contributed by atoms with Gasteiger partial charge in [0.15, 0.2) is 17.3 Å². The molecule has 1 saturated carbocycles. The van der Waals surface area contributed by atoms with Gasteiger partial charge in [-0.25, -0.2) is 4.79 Å². The molecule has 9 heteroatoms. The van der Waals surface area contributed by atoms with Gasteiger partial charge in [-0.1, -0.05) is 42.5 Å². The SMILES string of the molecule is C=NCCCCOc1cc(OC)c2c(c1)O[C@@]1(c3ccc(OC)cc3)[C@H](c3ccccc3)[C@H]3NC(=O)O[C@H]3[C@@]21O. The zero-order valence-corrected chi connectivity index (χ0v) is 22.5. The van der Waals surface area contributed by atoms with E-state index in [0.29, 0.717) is 47.3 Å². The molecule has 208 valence electrons. The van der Waals surface area contributed by atoms with Crippen molar-refractivity contribution in [1.82, 2.24) is 5.32 Å². The van der Waals surface area contributed by atoms with Crippen molar-refractivity contribution < 1.29 is 33.6 Å². The van der Waals surface area contributed by atoms with Gasteiger partial charge in [0.1, 0.15) is 23.0 Å². The van der Waals surface area contributed by atoms with Crippen molar-refractivity contribution in [1.29, 1.82) is 0 Å². The molecular weight excluding hydrogens is 512 g/mol. The molecule has 0 radical (unpaired) electrons. The fraction of sp³-hybridized carbons (Fsp3) is 0.355. The summed E-state index contributed by atoms with van der Waals surface area (Å²) in [6, 6.07) is 20.1. The largest absolute Gasteiger partial charge is 0.497 e. The van der Waals surface area contributed by atoms with E-state index in [1.165, 1.54) is 7.11 Å². The Bertz CT molecular complexity index is 1410. The third-order valence-electron chi connectivity index (χ3n) is 8.19. The molecule has 0 spiro atoms. The number of nitrogens with zero attached hydrogens (tertiary/aromatic N) is 1. The number of amides is 1. The summed E-state index contributed by atoms with van der Waals surface area (Å²) in [5.74, 6) is 1.48. The van der Waals surface area contributed by atoms with Crippen LogP contribution in [0.25, 0.3) is 0 Å². The molecule has 3 aromatic carbocycles. The first-order chi connectivity index (χ1) is 19.5. The van der Waals surface area contributed by atoms with Crippen LogP contribution in [0.2, 0.25) is 0 Å². The van der Waals surface area contributed by atoms with Crippen molar-refractivity contribution in [3.8, 4) is 23.0 Å². The van der Waals surface area contributed by atoms with Crippen molar-refractivity contribution in [2.24, 2.45) is 4.99 Å². The molecule has 3 aromatic rings. The van der Waals surface area contributed by atoms with Crippen molar-refractivity contribution in [2.75, 3.05) is 27.4 Å². The molecule has 40 heavy (non-hydrogen) atoms. The lowest BCUT2D eigenvalue weighted by Gasteiger charge is -2.41. The second kappa shape index (κ2) is 10.1. The standard InChI is InChI=1S/C31H32N2O7/c1-32-15-7-8-16-38-22-17-23(37-3)26-24(18-22)40-31(20-11-13-21(36-2)14-12-20)25(19-9-5-4-6-10-19)27-28(30(26,31)35)39-29(34)33-27/h4-6,9-14,17-18,25,27-28,35H,1,7-8,15-16H2,2-3H3,(H,33,34)/t25-,27-,28-,30+,31+/m1/s1. The summed E-state index contributed by atoms with van der Waals surface area (Å²) in [6.07, 6.45) is 0.123. The Balaban J connectivity index is 1.54. The minimum atomic E-state index is -1.80. The molecule has 2 aliphatic heterocycles. The van der Waals surface area contributed by atoms with E-state index >= 15 is 0 Å². The first-order valence-electron chi connectivity index (χ1n) is 13.3. The van der Waals surface area contributed by atoms with Gasteiger partial charge < -0.3 is 39.1 Å². The average Bonchev–Trinajstić information content (AvgIpc) is 3.55. The van der Waals surface area contributed by atoms with Gasteiger partial charge in [-0.15, -0.1) is 0 Å². The van der Waals surface area contributed by atoms with Gasteiger partial charge in [-0.2, -0.15) is 0 Å². The van der Waals surface area contributed by atoms with Crippen LogP contribution in [0.15, 0.2) is 71.7 Å². The number of rotatable bonds is 10. The zero-order valence-electron chi connectivity index (χ0n) is 22.5. The molecule has 9 nitrogen and oxygen atoms in total. The maximum absolute atomic E-state index is 13.0. The lowest BCUT2D eigenvalue weighted by atomic mass is 9.71. The third-order valence-corrected chi connectivity index (χ3v) is 8.19. The predicted octanol–water partition coefficient (Wildman–Crippen LogP) is 4.31. The van der Waals surface area contributed by atoms with Gasteiger partial charge in [0.05, 0.1) is 38.3 Å². The van der Waals surface area contributed by atoms with Crippen LogP contribution >= 0.6 is 0 Å². The van der Waals surface area contributed by atoms with Crippen LogP contribution in [0.5, 0.6) is 23.0 Å². The topological polar surface area (TPSA) is 108 Å². The molecule has 2 fully saturated rings. The lowest BCUT2D eigenvalue weighted by molar-refractivity contribution is -0.147. The molecule has 6 rings (SSSR count). The van der Waals surface area contributed by atoms with E-state index in [0.717, 1.165) is 18.4 Å². The highest BCUT2D eigenvalue weighted by molar-refractivity contribution is 5.74. The van der Waals surface area contributed by atoms with Crippen LogP contribution in [0.4, 0.5) is 4.79 Å². The van der Waals surface area contributed by atoms with E-state index in [9.17, 15) is 9.90 Å². The van der Waals surface area contributed by atoms with Crippen LogP contribution in [0, 0.1) is 0 Å². The van der Waals surface area contributed by atoms with E-state index in [1.54, 1.807) is 19.2 Å². The smallest absolute Gasteiger partial charge is 0.407 e. The Morgan fingerprint density at radius 1 is 1.02 bits per heavy atom. The molecule has 1 aliphatic carbocycles. The summed E-state index contributed by atoms with van der Waals surface area (Å²) in [7, 11) is 3.13. The van der Waals surface area contributed by atoms with Crippen molar-refractivity contribution in [2.45, 2.75) is 42.1 Å². The van der Waals surface area contributed by atoms with Crippen LogP contribution < -0.4 is 24.3 Å². The maximum atomic E-state index is 13.0. The highest BCUT2D eigenvalue weighted by Crippen LogP contribution is 2.69. The number of carbonyl (C=O) groups excluding carboxylic acids is 1. The monoisotopic (exact) mass is 544 g/mol. The Morgan fingerprint density at radius 2 is 1.80 bits per heavy atom. The first kappa shape index (κ1) is 26.0. The van der Waals surface area contributed by atoms with Crippen LogP contribution in [0.1, 0.15) is 35.4 Å². The number of unbranched alkanes of at least 4 members (excludes halogenated alkanes) is 1. The molecule has 0 bridgehead atoms. The number of ether oxygens (including phenoxy) is 5. The average molecular weight is 545 g/mol. The summed E-state index contributed by atoms with van der Waals surface area (Å²) in [4.78, 5) is 16.5.